The summed E-state index contributed by atoms with van der Waals surface area (Å²) in [5.41, 5.74) is 8.34. The summed E-state index contributed by atoms with van der Waals surface area (Å²) in [7, 11) is 7.70. The van der Waals surface area contributed by atoms with Gasteiger partial charge in [-0.2, -0.15) is 20.5 Å². The third-order valence-corrected chi connectivity index (χ3v) is 4.70. The van der Waals surface area contributed by atoms with E-state index in [0.29, 0.717) is 0 Å². The largest absolute Gasteiger partial charge is 0.427 e. The minimum absolute atomic E-state index is 0.818. The zero-order valence-corrected chi connectivity index (χ0v) is 17.5. The molecule has 0 aliphatic heterocycles. The first-order valence-electron chi connectivity index (χ1n) is 9.44. The third-order valence-electron chi connectivity index (χ3n) is 4.70. The summed E-state index contributed by atoms with van der Waals surface area (Å²) in [6.45, 7) is 8.02. The van der Waals surface area contributed by atoms with Crippen LogP contribution in [0, 0.1) is 27.7 Å². The summed E-state index contributed by atoms with van der Waals surface area (Å²) in [4.78, 5) is 1.61. The topological polar surface area (TPSA) is 52.7 Å². The summed E-state index contributed by atoms with van der Waals surface area (Å²) >= 11 is 0. The van der Waals surface area contributed by atoms with Crippen LogP contribution in [0.5, 0.6) is 0 Å². The molecule has 0 fully saturated rings. The summed E-state index contributed by atoms with van der Waals surface area (Å²) in [6.07, 6.45) is 0. The van der Waals surface area contributed by atoms with E-state index in [1.807, 2.05) is 89.3 Å². The molecule has 0 unspecified atom stereocenters. The van der Waals surface area contributed by atoms with Crippen LogP contribution in [-0.2, 0) is 0 Å². The second-order valence-corrected chi connectivity index (χ2v) is 7.20. The molecule has 3 aromatic carbocycles. The molecule has 0 amide bonds. The number of hydrogen-bond acceptors (Lipinski definition) is 5. The molecule has 0 saturated carbocycles. The Morgan fingerprint density at radius 1 is 0.621 bits per heavy atom. The first-order chi connectivity index (χ1) is 13.8. The van der Waals surface area contributed by atoms with E-state index in [0.717, 1.165) is 50.7 Å². The molecule has 0 bridgehead atoms. The Morgan fingerprint density at radius 3 is 1.59 bits per heavy atom. The highest BCUT2D eigenvalue weighted by molar-refractivity contribution is 6.17. The number of benzene rings is 3. The molecule has 5 nitrogen and oxygen atoms in total. The van der Waals surface area contributed by atoms with Gasteiger partial charge in [-0.1, -0.05) is 18.2 Å². The normalized spacial score (nSPS) is 11.5. The van der Waals surface area contributed by atoms with Crippen molar-refractivity contribution in [2.75, 3.05) is 11.9 Å². The van der Waals surface area contributed by atoms with Gasteiger partial charge >= 0.3 is 0 Å². The lowest BCUT2D eigenvalue weighted by atomic mass is 10.1. The monoisotopic (exact) mass is 381 g/mol. The standard InChI is InChI=1S/C23H24BN5/c1-15-12-21(16(2)11-20(15)26-25-19-9-7-6-8-10-19)27-28-22-13-18(4)23(29(5)24)14-17(22)3/h6-14H,1-5H3. The molecule has 0 aromatic heterocycles. The number of hydrogen-bond donors (Lipinski definition) is 0. The Labute approximate surface area is 173 Å². The van der Waals surface area contributed by atoms with Gasteiger partial charge in [-0.05, 0) is 93.4 Å². The molecule has 144 valence electrons. The van der Waals surface area contributed by atoms with E-state index >= 15 is 0 Å². The first-order valence-corrected chi connectivity index (χ1v) is 9.44. The average molecular weight is 381 g/mol. The van der Waals surface area contributed by atoms with E-state index in [-0.39, 0.29) is 0 Å². The van der Waals surface area contributed by atoms with Gasteiger partial charge in [-0.3, -0.25) is 0 Å². The van der Waals surface area contributed by atoms with Crippen LogP contribution in [0.15, 0.2) is 75.1 Å². The van der Waals surface area contributed by atoms with Crippen molar-refractivity contribution in [1.82, 2.24) is 0 Å². The lowest BCUT2D eigenvalue weighted by molar-refractivity contribution is 1.16. The fourth-order valence-electron chi connectivity index (χ4n) is 2.99. The quantitative estimate of drug-likeness (QED) is 0.339. The van der Waals surface area contributed by atoms with E-state index in [9.17, 15) is 0 Å². The number of aryl methyl sites for hydroxylation is 4. The van der Waals surface area contributed by atoms with Crippen LogP contribution in [0.25, 0.3) is 0 Å². The maximum Gasteiger partial charge on any atom is 0.226 e. The van der Waals surface area contributed by atoms with Gasteiger partial charge in [0.2, 0.25) is 7.98 Å². The molecule has 0 aliphatic carbocycles. The van der Waals surface area contributed by atoms with Gasteiger partial charge in [0, 0.05) is 5.69 Å². The van der Waals surface area contributed by atoms with Crippen LogP contribution < -0.4 is 4.81 Å². The van der Waals surface area contributed by atoms with Crippen LogP contribution in [0.2, 0.25) is 0 Å². The molecule has 3 rings (SSSR count). The minimum Gasteiger partial charge on any atom is -0.427 e. The SMILES string of the molecule is [B]N(C)c1cc(C)c(N=Nc2cc(C)c(N=Nc3ccccc3)cc2C)cc1C. The second-order valence-electron chi connectivity index (χ2n) is 7.20. The molecule has 0 spiro atoms. The molecule has 0 heterocycles. The van der Waals surface area contributed by atoms with E-state index < -0.39 is 0 Å². The van der Waals surface area contributed by atoms with Gasteiger partial charge in [0.15, 0.2) is 0 Å². The van der Waals surface area contributed by atoms with Crippen LogP contribution in [-0.4, -0.2) is 15.0 Å². The maximum atomic E-state index is 5.87. The van der Waals surface area contributed by atoms with Crippen molar-refractivity contribution >= 4 is 36.4 Å². The Bertz CT molecular complexity index is 1070. The Morgan fingerprint density at radius 2 is 1.07 bits per heavy atom. The summed E-state index contributed by atoms with van der Waals surface area (Å²) in [5.74, 6) is 0. The molecular formula is C23H24BN5. The van der Waals surface area contributed by atoms with Gasteiger partial charge in [-0.15, -0.1) is 0 Å². The van der Waals surface area contributed by atoms with Crippen molar-refractivity contribution in [3.05, 3.63) is 76.9 Å². The highest BCUT2D eigenvalue weighted by Crippen LogP contribution is 2.33. The summed E-state index contributed by atoms with van der Waals surface area (Å²) in [5, 5.41) is 17.6. The van der Waals surface area contributed by atoms with Crippen molar-refractivity contribution in [2.24, 2.45) is 20.5 Å². The van der Waals surface area contributed by atoms with Gasteiger partial charge in [0.25, 0.3) is 0 Å². The van der Waals surface area contributed by atoms with Crippen LogP contribution in [0.1, 0.15) is 22.3 Å². The van der Waals surface area contributed by atoms with E-state index in [1.54, 1.807) is 4.81 Å². The third kappa shape index (κ3) is 4.96. The molecular weight excluding hydrogens is 357 g/mol. The molecule has 2 radical (unpaired) electrons. The van der Waals surface area contributed by atoms with Crippen molar-refractivity contribution in [1.29, 1.82) is 0 Å². The number of azo groups is 2. The molecule has 0 N–H and O–H groups in total. The van der Waals surface area contributed by atoms with Crippen LogP contribution in [0.4, 0.5) is 28.4 Å². The van der Waals surface area contributed by atoms with E-state index in [1.165, 1.54) is 0 Å². The van der Waals surface area contributed by atoms with E-state index in [4.69, 9.17) is 7.98 Å². The van der Waals surface area contributed by atoms with Gasteiger partial charge in [-0.25, -0.2) is 0 Å². The van der Waals surface area contributed by atoms with Gasteiger partial charge < -0.3 is 4.81 Å². The van der Waals surface area contributed by atoms with Gasteiger partial charge in [0.05, 0.1) is 22.7 Å². The fourth-order valence-corrected chi connectivity index (χ4v) is 2.99. The molecule has 0 saturated heterocycles. The number of nitrogens with zero attached hydrogens (tertiary/aromatic N) is 5. The molecule has 0 atom stereocenters. The highest BCUT2D eigenvalue weighted by Gasteiger charge is 2.07. The zero-order valence-electron chi connectivity index (χ0n) is 17.5. The minimum atomic E-state index is 0.818. The highest BCUT2D eigenvalue weighted by atomic mass is 15.1. The number of anilines is 1. The lowest BCUT2D eigenvalue weighted by Gasteiger charge is -2.17. The molecule has 29 heavy (non-hydrogen) atoms. The van der Waals surface area contributed by atoms with Crippen LogP contribution >= 0.6 is 0 Å². The van der Waals surface area contributed by atoms with E-state index in [2.05, 4.69) is 20.5 Å². The second kappa shape index (κ2) is 8.82. The first kappa shape index (κ1) is 20.5. The number of rotatable bonds is 5. The zero-order chi connectivity index (χ0) is 21.0. The van der Waals surface area contributed by atoms with Crippen molar-refractivity contribution in [2.45, 2.75) is 27.7 Å². The average Bonchev–Trinajstić information content (AvgIpc) is 2.69. The van der Waals surface area contributed by atoms with Crippen molar-refractivity contribution in [3.8, 4) is 0 Å². The van der Waals surface area contributed by atoms with Crippen molar-refractivity contribution < 1.29 is 0 Å². The Balaban J connectivity index is 1.86. The molecule has 0 aliphatic rings. The lowest BCUT2D eigenvalue weighted by Crippen LogP contribution is -2.12. The Kier molecular flexibility index (Phi) is 6.22. The maximum absolute atomic E-state index is 5.87. The van der Waals surface area contributed by atoms with Crippen LogP contribution in [0.3, 0.4) is 0 Å². The Hall–Kier alpha value is -3.28. The smallest absolute Gasteiger partial charge is 0.226 e. The fraction of sp³-hybridized carbons (Fsp3) is 0.217. The predicted octanol–water partition coefficient (Wildman–Crippen LogP) is 7.27. The molecule has 3 aromatic rings. The predicted molar refractivity (Wildman–Crippen MR) is 121 cm³/mol. The summed E-state index contributed by atoms with van der Waals surface area (Å²) < 4.78 is 0. The van der Waals surface area contributed by atoms with Crippen molar-refractivity contribution in [3.63, 3.8) is 0 Å². The molecule has 6 heteroatoms. The van der Waals surface area contributed by atoms with Gasteiger partial charge in [0.1, 0.15) is 0 Å². The summed E-state index contributed by atoms with van der Waals surface area (Å²) in [6, 6.07) is 17.7.